The molecule has 2 rings (SSSR count). The van der Waals surface area contributed by atoms with Crippen LogP contribution in [0.25, 0.3) is 10.9 Å². The molecule has 0 aliphatic heterocycles. The van der Waals surface area contributed by atoms with E-state index in [-0.39, 0.29) is 0 Å². The van der Waals surface area contributed by atoms with E-state index in [9.17, 15) is 0 Å². The van der Waals surface area contributed by atoms with Crippen LogP contribution in [0.4, 0.5) is 0 Å². The minimum Gasteiger partial charge on any atom is -0.347 e. The zero-order chi connectivity index (χ0) is 13.0. The lowest BCUT2D eigenvalue weighted by molar-refractivity contribution is 0.538. The fraction of sp³-hybridized carbons (Fsp3) is 0.500. The molecule has 0 aliphatic rings. The summed E-state index contributed by atoms with van der Waals surface area (Å²) in [6.07, 6.45) is 3.53. The summed E-state index contributed by atoms with van der Waals surface area (Å²) in [5, 5.41) is 4.93. The Bertz CT molecular complexity index is 497. The van der Waals surface area contributed by atoms with E-state index in [2.05, 4.69) is 61.1 Å². The van der Waals surface area contributed by atoms with E-state index in [1.807, 2.05) is 0 Å². The molecule has 1 aromatic heterocycles. The lowest BCUT2D eigenvalue weighted by Gasteiger charge is -2.06. The Morgan fingerprint density at radius 1 is 1.22 bits per heavy atom. The summed E-state index contributed by atoms with van der Waals surface area (Å²) >= 11 is 0. The molecule has 1 heterocycles. The maximum atomic E-state index is 3.55. The van der Waals surface area contributed by atoms with Crippen LogP contribution in [0, 0.1) is 5.92 Å². The summed E-state index contributed by atoms with van der Waals surface area (Å²) in [5.41, 5.74) is 2.76. The second kappa shape index (κ2) is 6.05. The lowest BCUT2D eigenvalue weighted by Crippen LogP contribution is -2.16. The fourth-order valence-corrected chi connectivity index (χ4v) is 2.34. The monoisotopic (exact) mass is 244 g/mol. The molecule has 0 saturated heterocycles. The Kier molecular flexibility index (Phi) is 4.43. The van der Waals surface area contributed by atoms with Gasteiger partial charge in [-0.1, -0.05) is 32.0 Å². The first-order chi connectivity index (χ1) is 8.72. The van der Waals surface area contributed by atoms with Crippen molar-refractivity contribution < 1.29 is 0 Å². The first-order valence-corrected chi connectivity index (χ1v) is 6.99. The Morgan fingerprint density at radius 3 is 2.72 bits per heavy atom. The van der Waals surface area contributed by atoms with Gasteiger partial charge in [-0.15, -0.1) is 0 Å². The number of benzene rings is 1. The molecule has 2 aromatic rings. The van der Waals surface area contributed by atoms with Crippen LogP contribution >= 0.6 is 0 Å². The normalized spacial score (nSPS) is 11.6. The minimum atomic E-state index is 0.773. The molecule has 98 valence electrons. The van der Waals surface area contributed by atoms with Gasteiger partial charge in [-0.05, 0) is 37.4 Å². The second-order valence-corrected chi connectivity index (χ2v) is 5.32. The molecule has 0 spiro atoms. The number of nitrogens with zero attached hydrogens (tertiary/aromatic N) is 1. The van der Waals surface area contributed by atoms with Crippen molar-refractivity contribution >= 4 is 10.9 Å². The summed E-state index contributed by atoms with van der Waals surface area (Å²) in [7, 11) is 0. The molecule has 2 nitrogen and oxygen atoms in total. The van der Waals surface area contributed by atoms with E-state index >= 15 is 0 Å². The Labute approximate surface area is 110 Å². The number of fused-ring (bicyclic) bond motifs is 1. The van der Waals surface area contributed by atoms with Crippen molar-refractivity contribution in [2.75, 3.05) is 6.54 Å². The van der Waals surface area contributed by atoms with Crippen LogP contribution in [0.1, 0.15) is 32.8 Å². The van der Waals surface area contributed by atoms with Crippen molar-refractivity contribution in [2.24, 2.45) is 5.92 Å². The predicted molar refractivity (Wildman–Crippen MR) is 78.8 cm³/mol. The Morgan fingerprint density at radius 2 is 2.00 bits per heavy atom. The van der Waals surface area contributed by atoms with Gasteiger partial charge in [0.05, 0.1) is 0 Å². The standard InChI is InChI=1S/C16H24N2/c1-4-18-12-14(11-17-10-9-13(2)3)15-7-5-6-8-16(15)18/h5-8,12-13,17H,4,9-11H2,1-3H3. The average molecular weight is 244 g/mol. The number of hydrogen-bond acceptors (Lipinski definition) is 1. The summed E-state index contributed by atoms with van der Waals surface area (Å²) in [4.78, 5) is 0. The molecule has 18 heavy (non-hydrogen) atoms. The van der Waals surface area contributed by atoms with Gasteiger partial charge in [0, 0.05) is 30.2 Å². The highest BCUT2D eigenvalue weighted by molar-refractivity contribution is 5.83. The van der Waals surface area contributed by atoms with E-state index < -0.39 is 0 Å². The summed E-state index contributed by atoms with van der Waals surface area (Å²) in [6.45, 7) is 9.84. The molecule has 0 atom stereocenters. The number of rotatable bonds is 6. The van der Waals surface area contributed by atoms with Gasteiger partial charge in [0.15, 0.2) is 0 Å². The van der Waals surface area contributed by atoms with Gasteiger partial charge in [-0.3, -0.25) is 0 Å². The van der Waals surface area contributed by atoms with Crippen LogP contribution in [0.2, 0.25) is 0 Å². The smallest absolute Gasteiger partial charge is 0.0483 e. The SMILES string of the molecule is CCn1cc(CNCCC(C)C)c2ccccc21. The molecule has 1 aromatic carbocycles. The molecule has 0 amide bonds. The quantitative estimate of drug-likeness (QED) is 0.765. The molecule has 0 unspecified atom stereocenters. The molecule has 0 saturated carbocycles. The Balaban J connectivity index is 2.08. The van der Waals surface area contributed by atoms with Crippen molar-refractivity contribution in [1.82, 2.24) is 9.88 Å². The second-order valence-electron chi connectivity index (χ2n) is 5.32. The van der Waals surface area contributed by atoms with Gasteiger partial charge >= 0.3 is 0 Å². The van der Waals surface area contributed by atoms with Gasteiger partial charge < -0.3 is 9.88 Å². The predicted octanol–water partition coefficient (Wildman–Crippen LogP) is 3.80. The lowest BCUT2D eigenvalue weighted by atomic mass is 10.1. The van der Waals surface area contributed by atoms with Crippen molar-refractivity contribution in [3.8, 4) is 0 Å². The third-order valence-electron chi connectivity index (χ3n) is 3.43. The summed E-state index contributed by atoms with van der Waals surface area (Å²) in [6, 6.07) is 8.67. The Hall–Kier alpha value is -1.28. The summed E-state index contributed by atoms with van der Waals surface area (Å²) in [5.74, 6) is 0.773. The van der Waals surface area contributed by atoms with Gasteiger partial charge in [0.2, 0.25) is 0 Å². The van der Waals surface area contributed by atoms with Crippen molar-refractivity contribution in [3.05, 3.63) is 36.0 Å². The zero-order valence-electron chi connectivity index (χ0n) is 11.7. The number of nitrogens with one attached hydrogen (secondary N) is 1. The van der Waals surface area contributed by atoms with Crippen LogP contribution in [0.15, 0.2) is 30.5 Å². The molecule has 2 heteroatoms. The van der Waals surface area contributed by atoms with E-state index in [1.165, 1.54) is 22.9 Å². The van der Waals surface area contributed by atoms with Crippen LogP contribution < -0.4 is 5.32 Å². The largest absolute Gasteiger partial charge is 0.347 e. The summed E-state index contributed by atoms with van der Waals surface area (Å²) < 4.78 is 2.33. The van der Waals surface area contributed by atoms with E-state index in [1.54, 1.807) is 0 Å². The van der Waals surface area contributed by atoms with Gasteiger partial charge in [-0.25, -0.2) is 0 Å². The fourth-order valence-electron chi connectivity index (χ4n) is 2.34. The van der Waals surface area contributed by atoms with Crippen LogP contribution in [0.5, 0.6) is 0 Å². The van der Waals surface area contributed by atoms with Crippen molar-refractivity contribution in [1.29, 1.82) is 0 Å². The van der Waals surface area contributed by atoms with Crippen LogP contribution in [0.3, 0.4) is 0 Å². The number of aromatic nitrogens is 1. The van der Waals surface area contributed by atoms with Gasteiger partial charge in [0.1, 0.15) is 0 Å². The number of aryl methyl sites for hydroxylation is 1. The highest BCUT2D eigenvalue weighted by atomic mass is 15.0. The number of hydrogen-bond donors (Lipinski definition) is 1. The van der Waals surface area contributed by atoms with Gasteiger partial charge in [-0.2, -0.15) is 0 Å². The molecule has 0 bridgehead atoms. The highest BCUT2D eigenvalue weighted by Gasteiger charge is 2.06. The van der Waals surface area contributed by atoms with Crippen molar-refractivity contribution in [2.45, 2.75) is 40.3 Å². The average Bonchev–Trinajstić information content (AvgIpc) is 2.73. The minimum absolute atomic E-state index is 0.773. The highest BCUT2D eigenvalue weighted by Crippen LogP contribution is 2.21. The van der Waals surface area contributed by atoms with Crippen LogP contribution in [-0.4, -0.2) is 11.1 Å². The number of para-hydroxylation sites is 1. The third kappa shape index (κ3) is 2.94. The van der Waals surface area contributed by atoms with Crippen molar-refractivity contribution in [3.63, 3.8) is 0 Å². The maximum Gasteiger partial charge on any atom is 0.0483 e. The topological polar surface area (TPSA) is 17.0 Å². The molecule has 1 N–H and O–H groups in total. The van der Waals surface area contributed by atoms with E-state index in [0.717, 1.165) is 25.6 Å². The molecular weight excluding hydrogens is 220 g/mol. The first kappa shape index (κ1) is 13.2. The molecular formula is C16H24N2. The molecule has 0 fully saturated rings. The molecule has 0 radical (unpaired) electrons. The van der Waals surface area contributed by atoms with Crippen LogP contribution in [-0.2, 0) is 13.1 Å². The van der Waals surface area contributed by atoms with E-state index in [0.29, 0.717) is 0 Å². The third-order valence-corrected chi connectivity index (χ3v) is 3.43. The van der Waals surface area contributed by atoms with Gasteiger partial charge in [0.25, 0.3) is 0 Å². The molecule has 0 aliphatic carbocycles. The zero-order valence-corrected chi connectivity index (χ0v) is 11.7. The maximum absolute atomic E-state index is 3.55. The first-order valence-electron chi connectivity index (χ1n) is 6.99. The van der Waals surface area contributed by atoms with E-state index in [4.69, 9.17) is 0 Å².